The highest BCUT2D eigenvalue weighted by molar-refractivity contribution is 7.99. The SMILES string of the molecule is C[C@H](Sc1ccccn1)c1ccc(F)c(Cl)c1. The van der Waals surface area contributed by atoms with Crippen molar-refractivity contribution >= 4 is 23.4 Å². The molecule has 2 rings (SSSR count). The Morgan fingerprint density at radius 3 is 2.76 bits per heavy atom. The molecule has 0 saturated heterocycles. The highest BCUT2D eigenvalue weighted by Crippen LogP contribution is 2.34. The molecular weight excluding hydrogens is 257 g/mol. The number of hydrogen-bond acceptors (Lipinski definition) is 2. The van der Waals surface area contributed by atoms with Crippen molar-refractivity contribution in [2.45, 2.75) is 17.2 Å². The van der Waals surface area contributed by atoms with Gasteiger partial charge in [-0.15, -0.1) is 0 Å². The molecule has 2 aromatic rings. The van der Waals surface area contributed by atoms with Crippen LogP contribution in [0.2, 0.25) is 5.02 Å². The van der Waals surface area contributed by atoms with Crippen molar-refractivity contribution in [3.63, 3.8) is 0 Å². The van der Waals surface area contributed by atoms with Crippen LogP contribution < -0.4 is 0 Å². The van der Waals surface area contributed by atoms with Crippen LogP contribution in [0.25, 0.3) is 0 Å². The number of aromatic nitrogens is 1. The average Bonchev–Trinajstić information content (AvgIpc) is 2.34. The van der Waals surface area contributed by atoms with Crippen LogP contribution in [0.4, 0.5) is 4.39 Å². The van der Waals surface area contributed by atoms with Gasteiger partial charge < -0.3 is 0 Å². The average molecular weight is 268 g/mol. The van der Waals surface area contributed by atoms with Gasteiger partial charge in [-0.05, 0) is 36.8 Å². The first kappa shape index (κ1) is 12.4. The van der Waals surface area contributed by atoms with Crippen molar-refractivity contribution < 1.29 is 4.39 Å². The lowest BCUT2D eigenvalue weighted by atomic mass is 10.2. The topological polar surface area (TPSA) is 12.9 Å². The molecule has 1 heterocycles. The van der Waals surface area contributed by atoms with Crippen molar-refractivity contribution in [1.82, 2.24) is 4.98 Å². The zero-order valence-corrected chi connectivity index (χ0v) is 10.8. The predicted molar refractivity (Wildman–Crippen MR) is 69.9 cm³/mol. The Morgan fingerprint density at radius 2 is 2.12 bits per heavy atom. The van der Waals surface area contributed by atoms with Gasteiger partial charge in [-0.25, -0.2) is 9.37 Å². The summed E-state index contributed by atoms with van der Waals surface area (Å²) < 4.78 is 13.0. The van der Waals surface area contributed by atoms with Crippen LogP contribution in [0.5, 0.6) is 0 Å². The smallest absolute Gasteiger partial charge is 0.141 e. The number of halogens is 2. The Labute approximate surface area is 109 Å². The summed E-state index contributed by atoms with van der Waals surface area (Å²) in [5.41, 5.74) is 0.993. The summed E-state index contributed by atoms with van der Waals surface area (Å²) in [5, 5.41) is 1.29. The van der Waals surface area contributed by atoms with Crippen LogP contribution in [0, 0.1) is 5.82 Å². The maximum atomic E-state index is 13.0. The highest BCUT2D eigenvalue weighted by Gasteiger charge is 2.10. The van der Waals surface area contributed by atoms with Crippen LogP contribution in [0.1, 0.15) is 17.7 Å². The first-order chi connectivity index (χ1) is 8.16. The van der Waals surface area contributed by atoms with E-state index in [1.165, 1.54) is 6.07 Å². The Hall–Kier alpha value is -1.06. The summed E-state index contributed by atoms with van der Waals surface area (Å²) in [4.78, 5) is 4.24. The molecule has 0 aliphatic carbocycles. The van der Waals surface area contributed by atoms with E-state index in [-0.39, 0.29) is 16.1 Å². The van der Waals surface area contributed by atoms with E-state index in [4.69, 9.17) is 11.6 Å². The van der Waals surface area contributed by atoms with Crippen molar-refractivity contribution in [2.24, 2.45) is 0 Å². The fourth-order valence-corrected chi connectivity index (χ4v) is 2.54. The molecule has 17 heavy (non-hydrogen) atoms. The van der Waals surface area contributed by atoms with Crippen LogP contribution in [-0.2, 0) is 0 Å². The standard InChI is InChI=1S/C13H11ClFNS/c1-9(17-13-4-2-3-7-16-13)10-5-6-12(15)11(14)8-10/h2-9H,1H3/t9-/m0/s1. The Kier molecular flexibility index (Phi) is 4.02. The molecular formula is C13H11ClFNS. The summed E-state index contributed by atoms with van der Waals surface area (Å²) in [7, 11) is 0. The van der Waals surface area contributed by atoms with E-state index in [1.54, 1.807) is 30.1 Å². The Bertz CT molecular complexity index is 504. The molecule has 0 aliphatic heterocycles. The minimum absolute atomic E-state index is 0.163. The summed E-state index contributed by atoms with van der Waals surface area (Å²) in [5.74, 6) is -0.384. The fourth-order valence-electron chi connectivity index (χ4n) is 1.43. The highest BCUT2D eigenvalue weighted by atomic mass is 35.5. The van der Waals surface area contributed by atoms with E-state index in [0.717, 1.165) is 10.6 Å². The van der Waals surface area contributed by atoms with Gasteiger partial charge in [-0.2, -0.15) is 0 Å². The van der Waals surface area contributed by atoms with Gasteiger partial charge in [0, 0.05) is 11.4 Å². The molecule has 88 valence electrons. The second-order valence-electron chi connectivity index (χ2n) is 3.60. The van der Waals surface area contributed by atoms with E-state index in [9.17, 15) is 4.39 Å². The molecule has 0 spiro atoms. The maximum absolute atomic E-state index is 13.0. The molecule has 4 heteroatoms. The van der Waals surface area contributed by atoms with Crippen molar-refractivity contribution in [2.75, 3.05) is 0 Å². The predicted octanol–water partition coefficient (Wildman–Crippen LogP) is 4.73. The number of pyridine rings is 1. The number of rotatable bonds is 3. The lowest BCUT2D eigenvalue weighted by molar-refractivity contribution is 0.627. The molecule has 1 nitrogen and oxygen atoms in total. The van der Waals surface area contributed by atoms with E-state index in [0.29, 0.717) is 0 Å². The van der Waals surface area contributed by atoms with Gasteiger partial charge >= 0.3 is 0 Å². The summed E-state index contributed by atoms with van der Waals surface area (Å²) in [6, 6.07) is 10.6. The van der Waals surface area contributed by atoms with Gasteiger partial charge in [0.15, 0.2) is 0 Å². The van der Waals surface area contributed by atoms with Gasteiger partial charge in [0.2, 0.25) is 0 Å². The summed E-state index contributed by atoms with van der Waals surface area (Å²) >= 11 is 7.38. The molecule has 1 aromatic carbocycles. The molecule has 1 atom stereocenters. The molecule has 0 aliphatic rings. The van der Waals surface area contributed by atoms with Crippen LogP contribution in [0.3, 0.4) is 0 Å². The number of hydrogen-bond donors (Lipinski definition) is 0. The summed E-state index contributed by atoms with van der Waals surface area (Å²) in [6.07, 6.45) is 1.76. The number of nitrogens with zero attached hydrogens (tertiary/aromatic N) is 1. The first-order valence-electron chi connectivity index (χ1n) is 5.19. The second kappa shape index (κ2) is 5.52. The van der Waals surface area contributed by atoms with E-state index < -0.39 is 0 Å². The maximum Gasteiger partial charge on any atom is 0.141 e. The van der Waals surface area contributed by atoms with Crippen LogP contribution >= 0.6 is 23.4 Å². The molecule has 0 bridgehead atoms. The third kappa shape index (κ3) is 3.20. The largest absolute Gasteiger partial charge is 0.250 e. The zero-order valence-electron chi connectivity index (χ0n) is 9.23. The van der Waals surface area contributed by atoms with Crippen molar-refractivity contribution in [1.29, 1.82) is 0 Å². The van der Waals surface area contributed by atoms with Gasteiger partial charge in [-0.1, -0.05) is 35.5 Å². The van der Waals surface area contributed by atoms with Crippen molar-refractivity contribution in [3.05, 3.63) is 59.0 Å². The van der Waals surface area contributed by atoms with Crippen LogP contribution in [0.15, 0.2) is 47.6 Å². The molecule has 0 radical (unpaired) electrons. The molecule has 0 N–H and O–H groups in total. The van der Waals surface area contributed by atoms with E-state index in [2.05, 4.69) is 4.98 Å². The Balaban J connectivity index is 2.14. The minimum Gasteiger partial charge on any atom is -0.250 e. The Morgan fingerprint density at radius 1 is 1.29 bits per heavy atom. The summed E-state index contributed by atoms with van der Waals surface area (Å²) in [6.45, 7) is 2.04. The van der Waals surface area contributed by atoms with E-state index in [1.807, 2.05) is 25.1 Å². The normalized spacial score (nSPS) is 12.4. The van der Waals surface area contributed by atoms with E-state index >= 15 is 0 Å². The molecule has 0 unspecified atom stereocenters. The quantitative estimate of drug-likeness (QED) is 0.746. The van der Waals surface area contributed by atoms with Crippen molar-refractivity contribution in [3.8, 4) is 0 Å². The number of benzene rings is 1. The molecule has 0 amide bonds. The third-order valence-corrected chi connectivity index (χ3v) is 3.75. The second-order valence-corrected chi connectivity index (χ2v) is 5.37. The molecule has 1 aromatic heterocycles. The van der Waals surface area contributed by atoms with Gasteiger partial charge in [0.05, 0.1) is 10.0 Å². The fraction of sp³-hybridized carbons (Fsp3) is 0.154. The monoisotopic (exact) mass is 267 g/mol. The lowest BCUT2D eigenvalue weighted by Gasteiger charge is -2.11. The number of thioether (sulfide) groups is 1. The lowest BCUT2D eigenvalue weighted by Crippen LogP contribution is -1.90. The zero-order chi connectivity index (χ0) is 12.3. The molecule has 0 saturated carbocycles. The first-order valence-corrected chi connectivity index (χ1v) is 6.45. The minimum atomic E-state index is -0.384. The van der Waals surface area contributed by atoms with Gasteiger partial charge in [0.1, 0.15) is 5.82 Å². The van der Waals surface area contributed by atoms with Gasteiger partial charge in [-0.3, -0.25) is 0 Å². The third-order valence-electron chi connectivity index (χ3n) is 2.35. The van der Waals surface area contributed by atoms with Gasteiger partial charge in [0.25, 0.3) is 0 Å². The van der Waals surface area contributed by atoms with Crippen LogP contribution in [-0.4, -0.2) is 4.98 Å². The molecule has 0 fully saturated rings.